The Hall–Kier alpha value is -3.44. The summed E-state index contributed by atoms with van der Waals surface area (Å²) in [6, 6.07) is 25.6. The summed E-state index contributed by atoms with van der Waals surface area (Å²) in [5.41, 5.74) is 8.26. The molecule has 0 bridgehead atoms. The highest BCUT2D eigenvalue weighted by atomic mass is 32.1. The third-order valence-corrected chi connectivity index (χ3v) is 6.89. The van der Waals surface area contributed by atoms with Crippen molar-refractivity contribution < 1.29 is 0 Å². The number of rotatable bonds is 5. The van der Waals surface area contributed by atoms with Crippen molar-refractivity contribution in [3.05, 3.63) is 113 Å². The molecule has 0 unspecified atom stereocenters. The van der Waals surface area contributed by atoms with Crippen molar-refractivity contribution in [3.63, 3.8) is 0 Å². The zero-order chi connectivity index (χ0) is 22.9. The minimum Gasteiger partial charge on any atom is -0.351 e. The lowest BCUT2D eigenvalue weighted by atomic mass is 10.00. The second-order valence-corrected chi connectivity index (χ2v) is 8.97. The topological polar surface area (TPSA) is 33.1 Å². The van der Waals surface area contributed by atoms with E-state index in [1.54, 1.807) is 0 Å². The molecule has 1 saturated heterocycles. The van der Waals surface area contributed by atoms with Crippen molar-refractivity contribution in [2.45, 2.75) is 39.3 Å². The van der Waals surface area contributed by atoms with E-state index >= 15 is 0 Å². The molecule has 4 nitrogen and oxygen atoms in total. The van der Waals surface area contributed by atoms with Gasteiger partial charge in [0.05, 0.1) is 11.7 Å². The first-order valence-electron chi connectivity index (χ1n) is 11.4. The summed E-state index contributed by atoms with van der Waals surface area (Å²) in [4.78, 5) is 6.92. The summed E-state index contributed by atoms with van der Waals surface area (Å²) in [5, 5.41) is 4.28. The van der Waals surface area contributed by atoms with Gasteiger partial charge in [0.1, 0.15) is 6.04 Å². The third kappa shape index (κ3) is 3.93. The number of hydrogen-bond acceptors (Lipinski definition) is 2. The van der Waals surface area contributed by atoms with E-state index in [1.165, 1.54) is 22.4 Å². The maximum atomic E-state index is 5.89. The fourth-order valence-electron chi connectivity index (χ4n) is 4.57. The highest BCUT2D eigenvalue weighted by Crippen LogP contribution is 2.42. The second kappa shape index (κ2) is 8.83. The summed E-state index contributed by atoms with van der Waals surface area (Å²) in [5.74, 6) is 0. The molecular formula is C28H28N4S. The maximum absolute atomic E-state index is 5.89. The molecule has 1 N–H and O–H groups in total. The van der Waals surface area contributed by atoms with Gasteiger partial charge >= 0.3 is 0 Å². The molecule has 33 heavy (non-hydrogen) atoms. The standard InChI is InChI=1S/C28H28N4S/c1-4-21-11-14-22(15-12-21)32-27(26(30-28(32)33)24-8-5-6-16-29-24)25-9-7-17-31(25)23-13-10-19(2)20(3)18-23/h5-18,26-27H,4H2,1-3H3,(H,30,33)/t26-,27-/m1/s1. The lowest BCUT2D eigenvalue weighted by molar-refractivity contribution is 0.549. The number of hydrogen-bond donors (Lipinski definition) is 1. The smallest absolute Gasteiger partial charge is 0.174 e. The Balaban J connectivity index is 1.65. The molecule has 2 aromatic heterocycles. The first-order chi connectivity index (χ1) is 16.1. The van der Waals surface area contributed by atoms with Crippen molar-refractivity contribution in [2.75, 3.05) is 4.90 Å². The van der Waals surface area contributed by atoms with E-state index in [0.717, 1.165) is 23.5 Å². The van der Waals surface area contributed by atoms with Gasteiger partial charge in [-0.05, 0) is 97.7 Å². The lowest BCUT2D eigenvalue weighted by Gasteiger charge is -2.29. The van der Waals surface area contributed by atoms with E-state index in [4.69, 9.17) is 12.2 Å². The van der Waals surface area contributed by atoms with Gasteiger partial charge in [-0.25, -0.2) is 0 Å². The van der Waals surface area contributed by atoms with Gasteiger partial charge in [-0.2, -0.15) is 0 Å². The van der Waals surface area contributed by atoms with Crippen LogP contribution in [0.25, 0.3) is 5.69 Å². The number of aromatic nitrogens is 2. The molecule has 1 aliphatic heterocycles. The average molecular weight is 453 g/mol. The second-order valence-electron chi connectivity index (χ2n) is 8.59. The Kier molecular flexibility index (Phi) is 5.73. The molecule has 5 heteroatoms. The SMILES string of the molecule is CCc1ccc(N2C(=S)N[C@H](c3ccccn3)[C@H]2c2cccn2-c2ccc(C)c(C)c2)cc1. The van der Waals surface area contributed by atoms with Crippen LogP contribution in [0.2, 0.25) is 0 Å². The number of pyridine rings is 1. The monoisotopic (exact) mass is 452 g/mol. The van der Waals surface area contributed by atoms with Crippen LogP contribution < -0.4 is 10.2 Å². The molecule has 2 atom stereocenters. The van der Waals surface area contributed by atoms with Gasteiger partial charge in [0.2, 0.25) is 0 Å². The van der Waals surface area contributed by atoms with E-state index in [-0.39, 0.29) is 12.1 Å². The molecule has 3 heterocycles. The van der Waals surface area contributed by atoms with E-state index in [0.29, 0.717) is 5.11 Å². The van der Waals surface area contributed by atoms with Gasteiger partial charge in [0.15, 0.2) is 5.11 Å². The summed E-state index contributed by atoms with van der Waals surface area (Å²) in [7, 11) is 0. The third-order valence-electron chi connectivity index (χ3n) is 6.57. The molecule has 0 radical (unpaired) electrons. The van der Waals surface area contributed by atoms with Crippen molar-refractivity contribution in [2.24, 2.45) is 0 Å². The minimum atomic E-state index is -0.0650. The molecule has 0 spiro atoms. The predicted octanol–water partition coefficient (Wildman–Crippen LogP) is 6.23. The predicted molar refractivity (Wildman–Crippen MR) is 139 cm³/mol. The van der Waals surface area contributed by atoms with Gasteiger partial charge in [-0.15, -0.1) is 0 Å². The van der Waals surface area contributed by atoms with E-state index in [2.05, 4.69) is 107 Å². The quantitative estimate of drug-likeness (QED) is 0.364. The number of aryl methyl sites for hydroxylation is 3. The van der Waals surface area contributed by atoms with E-state index in [9.17, 15) is 0 Å². The molecule has 1 fully saturated rings. The zero-order valence-corrected chi connectivity index (χ0v) is 20.0. The van der Waals surface area contributed by atoms with Crippen LogP contribution in [0.5, 0.6) is 0 Å². The Morgan fingerprint density at radius 2 is 1.70 bits per heavy atom. The Labute approximate surface area is 200 Å². The fourth-order valence-corrected chi connectivity index (χ4v) is 4.92. The van der Waals surface area contributed by atoms with Crippen LogP contribution in [0.3, 0.4) is 0 Å². The van der Waals surface area contributed by atoms with E-state index in [1.807, 2.05) is 18.3 Å². The molecule has 0 saturated carbocycles. The van der Waals surface area contributed by atoms with Crippen molar-refractivity contribution in [1.29, 1.82) is 0 Å². The normalized spacial score (nSPS) is 17.9. The van der Waals surface area contributed by atoms with E-state index < -0.39 is 0 Å². The first kappa shape index (κ1) is 21.4. The number of nitrogens with zero attached hydrogens (tertiary/aromatic N) is 3. The van der Waals surface area contributed by atoms with Crippen molar-refractivity contribution >= 4 is 23.0 Å². The van der Waals surface area contributed by atoms with Crippen LogP contribution >= 0.6 is 12.2 Å². The Morgan fingerprint density at radius 1 is 0.909 bits per heavy atom. The van der Waals surface area contributed by atoms with Crippen LogP contribution in [-0.4, -0.2) is 14.7 Å². The van der Waals surface area contributed by atoms with Crippen molar-refractivity contribution in [3.8, 4) is 5.69 Å². The highest BCUT2D eigenvalue weighted by molar-refractivity contribution is 7.80. The van der Waals surface area contributed by atoms with Crippen LogP contribution in [0, 0.1) is 13.8 Å². The Morgan fingerprint density at radius 3 is 2.39 bits per heavy atom. The summed E-state index contributed by atoms with van der Waals surface area (Å²) >= 11 is 5.89. The van der Waals surface area contributed by atoms with Crippen LogP contribution in [0.15, 0.2) is 85.2 Å². The van der Waals surface area contributed by atoms with Crippen LogP contribution in [0.4, 0.5) is 5.69 Å². The van der Waals surface area contributed by atoms with Crippen LogP contribution in [0.1, 0.15) is 47.1 Å². The number of thiocarbonyl (C=S) groups is 1. The number of benzene rings is 2. The fraction of sp³-hybridized carbons (Fsp3) is 0.214. The van der Waals surface area contributed by atoms with Gasteiger partial charge < -0.3 is 14.8 Å². The molecule has 2 aromatic carbocycles. The van der Waals surface area contributed by atoms with Crippen LogP contribution in [-0.2, 0) is 6.42 Å². The summed E-state index contributed by atoms with van der Waals surface area (Å²) in [6.45, 7) is 6.48. The van der Waals surface area contributed by atoms with Gasteiger partial charge in [0, 0.05) is 29.5 Å². The highest BCUT2D eigenvalue weighted by Gasteiger charge is 2.42. The van der Waals surface area contributed by atoms with Gasteiger partial charge in [-0.1, -0.05) is 31.2 Å². The molecule has 5 rings (SSSR count). The molecule has 4 aromatic rings. The van der Waals surface area contributed by atoms with Crippen molar-refractivity contribution in [1.82, 2.24) is 14.9 Å². The lowest BCUT2D eigenvalue weighted by Crippen LogP contribution is -2.30. The molecule has 1 aliphatic rings. The average Bonchev–Trinajstić information content (AvgIpc) is 3.46. The minimum absolute atomic E-state index is 0.0449. The number of anilines is 1. The zero-order valence-electron chi connectivity index (χ0n) is 19.2. The molecule has 0 aliphatic carbocycles. The Bertz CT molecular complexity index is 1280. The van der Waals surface area contributed by atoms with Gasteiger partial charge in [0.25, 0.3) is 0 Å². The van der Waals surface area contributed by atoms with Gasteiger partial charge in [-0.3, -0.25) is 4.98 Å². The summed E-state index contributed by atoms with van der Waals surface area (Å²) in [6.07, 6.45) is 4.99. The largest absolute Gasteiger partial charge is 0.351 e. The first-order valence-corrected chi connectivity index (χ1v) is 11.8. The molecule has 0 amide bonds. The maximum Gasteiger partial charge on any atom is 0.174 e. The summed E-state index contributed by atoms with van der Waals surface area (Å²) < 4.78 is 2.27. The molecule has 166 valence electrons. The number of nitrogens with one attached hydrogen (secondary N) is 1. The molecular weight excluding hydrogens is 424 g/mol.